The van der Waals surface area contributed by atoms with Crippen molar-refractivity contribution in [3.63, 3.8) is 0 Å². The standard InChI is InChI=1S/C67H46N2/c1-5-20-47(21-6-1)49-22-19-29-55(44-49)68(53-27-11-4-12-28-53)54-39-36-48(37-40-54)57-30-13-14-31-58(57)50-38-42-62-61-33-16-18-35-65(61)69(66(62)45-50)56-41-43-60-59-32-15-17-34-63(59)67(64(60)46-56,51-23-7-2-8-24-51)52-25-9-3-10-26-52/h1-46H. The summed E-state index contributed by atoms with van der Waals surface area (Å²) in [6, 6.07) is 102. The normalized spacial score (nSPS) is 12.5. The second-order valence-electron chi connectivity index (χ2n) is 18.0. The van der Waals surface area contributed by atoms with Crippen LogP contribution in [0.5, 0.6) is 0 Å². The third-order valence-electron chi connectivity index (χ3n) is 14.3. The monoisotopic (exact) mass is 878 g/mol. The number of benzene rings is 11. The smallest absolute Gasteiger partial charge is 0.0714 e. The Kier molecular flexibility index (Phi) is 9.77. The van der Waals surface area contributed by atoms with E-state index >= 15 is 0 Å². The van der Waals surface area contributed by atoms with Gasteiger partial charge in [0.15, 0.2) is 0 Å². The predicted octanol–water partition coefficient (Wildman–Crippen LogP) is 17.6. The third kappa shape index (κ3) is 6.64. The summed E-state index contributed by atoms with van der Waals surface area (Å²) in [5, 5.41) is 2.47. The Labute approximate surface area is 403 Å². The van der Waals surface area contributed by atoms with Crippen LogP contribution in [0.3, 0.4) is 0 Å². The van der Waals surface area contributed by atoms with E-state index in [1.54, 1.807) is 0 Å². The number of fused-ring (bicyclic) bond motifs is 6. The molecule has 324 valence electrons. The van der Waals surface area contributed by atoms with Crippen molar-refractivity contribution < 1.29 is 0 Å². The Morgan fingerprint density at radius 3 is 1.52 bits per heavy atom. The lowest BCUT2D eigenvalue weighted by Crippen LogP contribution is -2.28. The summed E-state index contributed by atoms with van der Waals surface area (Å²) in [5.41, 5.74) is 21.1. The quantitative estimate of drug-likeness (QED) is 0.140. The van der Waals surface area contributed by atoms with Gasteiger partial charge in [0, 0.05) is 33.5 Å². The van der Waals surface area contributed by atoms with E-state index in [1.165, 1.54) is 83.0 Å². The Morgan fingerprint density at radius 1 is 0.275 bits per heavy atom. The fourth-order valence-electron chi connectivity index (χ4n) is 11.2. The highest BCUT2D eigenvalue weighted by molar-refractivity contribution is 6.10. The Balaban J connectivity index is 0.938. The number of hydrogen-bond donors (Lipinski definition) is 0. The van der Waals surface area contributed by atoms with E-state index in [1.807, 2.05) is 0 Å². The molecule has 0 fully saturated rings. The molecule has 1 aromatic heterocycles. The van der Waals surface area contributed by atoms with Gasteiger partial charge in [-0.05, 0) is 127 Å². The first kappa shape index (κ1) is 40.3. The van der Waals surface area contributed by atoms with Crippen LogP contribution >= 0.6 is 0 Å². The first-order valence-electron chi connectivity index (χ1n) is 23.8. The molecule has 2 nitrogen and oxygen atoms in total. The van der Waals surface area contributed by atoms with Crippen LogP contribution in [0.2, 0.25) is 0 Å². The molecule has 13 rings (SSSR count). The van der Waals surface area contributed by atoms with Gasteiger partial charge in [-0.25, -0.2) is 0 Å². The first-order valence-corrected chi connectivity index (χ1v) is 23.8. The largest absolute Gasteiger partial charge is 0.310 e. The van der Waals surface area contributed by atoms with Crippen LogP contribution in [-0.4, -0.2) is 4.57 Å². The summed E-state index contributed by atoms with van der Waals surface area (Å²) >= 11 is 0. The fraction of sp³-hybridized carbons (Fsp3) is 0.0149. The summed E-state index contributed by atoms with van der Waals surface area (Å²) in [6.45, 7) is 0. The molecular formula is C67H46N2. The molecule has 0 spiro atoms. The van der Waals surface area contributed by atoms with Crippen LogP contribution in [-0.2, 0) is 5.41 Å². The maximum atomic E-state index is 2.49. The van der Waals surface area contributed by atoms with E-state index in [-0.39, 0.29) is 0 Å². The molecule has 2 heteroatoms. The summed E-state index contributed by atoms with van der Waals surface area (Å²) < 4.78 is 2.49. The SMILES string of the molecule is c1ccc(-c2cccc(N(c3ccccc3)c3ccc(-c4ccccc4-c4ccc5c6ccccc6n(-c6ccc7c(c6)C(c6ccccc6)(c6ccccc6)c6ccccc6-7)c5c4)cc3)c2)cc1. The van der Waals surface area contributed by atoms with Gasteiger partial charge in [0.25, 0.3) is 0 Å². The molecule has 0 atom stereocenters. The van der Waals surface area contributed by atoms with Crippen molar-refractivity contribution in [2.45, 2.75) is 5.41 Å². The highest BCUT2D eigenvalue weighted by atomic mass is 15.1. The van der Waals surface area contributed by atoms with Gasteiger partial charge in [-0.15, -0.1) is 0 Å². The topological polar surface area (TPSA) is 8.17 Å². The van der Waals surface area contributed by atoms with Gasteiger partial charge in [0.05, 0.1) is 16.4 Å². The number of hydrogen-bond acceptors (Lipinski definition) is 1. The van der Waals surface area contributed by atoms with Crippen molar-refractivity contribution in [3.8, 4) is 50.2 Å². The van der Waals surface area contributed by atoms with Gasteiger partial charge in [-0.1, -0.05) is 218 Å². The molecule has 0 aliphatic heterocycles. The summed E-state index contributed by atoms with van der Waals surface area (Å²) in [4.78, 5) is 2.34. The van der Waals surface area contributed by atoms with Crippen molar-refractivity contribution in [1.82, 2.24) is 4.57 Å². The van der Waals surface area contributed by atoms with Crippen molar-refractivity contribution in [3.05, 3.63) is 301 Å². The number of anilines is 3. The first-order chi connectivity index (χ1) is 34.2. The zero-order valence-electron chi connectivity index (χ0n) is 38.0. The third-order valence-corrected chi connectivity index (χ3v) is 14.3. The summed E-state index contributed by atoms with van der Waals surface area (Å²) in [5.74, 6) is 0. The zero-order valence-corrected chi connectivity index (χ0v) is 38.0. The van der Waals surface area contributed by atoms with Crippen LogP contribution in [0.1, 0.15) is 22.3 Å². The Hall–Kier alpha value is -8.98. The molecule has 0 N–H and O–H groups in total. The molecule has 69 heavy (non-hydrogen) atoms. The van der Waals surface area contributed by atoms with Gasteiger partial charge >= 0.3 is 0 Å². The Morgan fingerprint density at radius 2 is 0.797 bits per heavy atom. The lowest BCUT2D eigenvalue weighted by atomic mass is 9.67. The minimum atomic E-state index is -0.493. The lowest BCUT2D eigenvalue weighted by Gasteiger charge is -2.34. The predicted molar refractivity (Wildman–Crippen MR) is 289 cm³/mol. The van der Waals surface area contributed by atoms with E-state index < -0.39 is 5.41 Å². The minimum Gasteiger partial charge on any atom is -0.310 e. The molecule has 1 aliphatic rings. The van der Waals surface area contributed by atoms with Crippen molar-refractivity contribution in [2.75, 3.05) is 4.90 Å². The highest BCUT2D eigenvalue weighted by Crippen LogP contribution is 2.56. The molecule has 0 amide bonds. The van der Waals surface area contributed by atoms with E-state index in [9.17, 15) is 0 Å². The highest BCUT2D eigenvalue weighted by Gasteiger charge is 2.46. The zero-order chi connectivity index (χ0) is 45.7. The lowest BCUT2D eigenvalue weighted by molar-refractivity contribution is 0.767. The van der Waals surface area contributed by atoms with Gasteiger partial charge in [-0.3, -0.25) is 0 Å². The van der Waals surface area contributed by atoms with E-state index in [0.29, 0.717) is 0 Å². The molecule has 0 saturated carbocycles. The van der Waals surface area contributed by atoms with Gasteiger partial charge < -0.3 is 9.47 Å². The molecular weight excluding hydrogens is 833 g/mol. The van der Waals surface area contributed by atoms with E-state index in [0.717, 1.165) is 28.3 Å². The van der Waals surface area contributed by atoms with Gasteiger partial charge in [0.1, 0.15) is 0 Å². The summed E-state index contributed by atoms with van der Waals surface area (Å²) in [6.07, 6.45) is 0. The molecule has 12 aromatic rings. The second kappa shape index (κ2) is 16.7. The molecule has 1 heterocycles. The number of nitrogens with zero attached hydrogens (tertiary/aromatic N) is 2. The number of rotatable bonds is 9. The van der Waals surface area contributed by atoms with Crippen LogP contribution in [0.25, 0.3) is 72.0 Å². The average molecular weight is 879 g/mol. The molecule has 0 radical (unpaired) electrons. The number of aromatic nitrogens is 1. The van der Waals surface area contributed by atoms with Crippen molar-refractivity contribution in [2.24, 2.45) is 0 Å². The average Bonchev–Trinajstić information content (AvgIpc) is 3.92. The number of para-hydroxylation sites is 2. The summed E-state index contributed by atoms with van der Waals surface area (Å²) in [7, 11) is 0. The van der Waals surface area contributed by atoms with E-state index in [2.05, 4.69) is 289 Å². The van der Waals surface area contributed by atoms with Crippen LogP contribution in [0, 0.1) is 0 Å². The van der Waals surface area contributed by atoms with E-state index in [4.69, 9.17) is 0 Å². The maximum absolute atomic E-state index is 2.49. The van der Waals surface area contributed by atoms with Crippen LogP contribution in [0.15, 0.2) is 279 Å². The second-order valence-corrected chi connectivity index (χ2v) is 18.0. The van der Waals surface area contributed by atoms with Crippen molar-refractivity contribution in [1.29, 1.82) is 0 Å². The molecule has 11 aromatic carbocycles. The molecule has 1 aliphatic carbocycles. The van der Waals surface area contributed by atoms with Gasteiger partial charge in [-0.2, -0.15) is 0 Å². The van der Waals surface area contributed by atoms with Crippen molar-refractivity contribution >= 4 is 38.9 Å². The molecule has 0 unspecified atom stereocenters. The molecule has 0 saturated heterocycles. The molecule has 0 bridgehead atoms. The fourth-order valence-corrected chi connectivity index (χ4v) is 11.2. The van der Waals surface area contributed by atoms with Crippen LogP contribution in [0.4, 0.5) is 17.1 Å². The minimum absolute atomic E-state index is 0.493. The Bertz CT molecular complexity index is 3780. The maximum Gasteiger partial charge on any atom is 0.0714 e. The van der Waals surface area contributed by atoms with Crippen LogP contribution < -0.4 is 4.90 Å². The van der Waals surface area contributed by atoms with Gasteiger partial charge in [0.2, 0.25) is 0 Å².